The Morgan fingerprint density at radius 2 is 1.91 bits per heavy atom. The van der Waals surface area contributed by atoms with E-state index in [0.717, 1.165) is 9.95 Å². The number of hydrogen-bond acceptors (Lipinski definition) is 8. The van der Waals surface area contributed by atoms with Crippen molar-refractivity contribution in [2.45, 2.75) is 31.8 Å². The van der Waals surface area contributed by atoms with Crippen LogP contribution < -0.4 is 16.9 Å². The second-order valence-electron chi connectivity index (χ2n) is 6.95. The maximum atomic E-state index is 11.7. The van der Waals surface area contributed by atoms with Gasteiger partial charge in [-0.25, -0.2) is 14.2 Å². The van der Waals surface area contributed by atoms with E-state index in [-0.39, 0.29) is 17.6 Å². The largest absolute Gasteiger partial charge is 0.469 e. The third-order valence-electron chi connectivity index (χ3n) is 4.62. The van der Waals surface area contributed by atoms with Gasteiger partial charge in [-0.3, -0.25) is 18.9 Å². The van der Waals surface area contributed by atoms with Crippen LogP contribution >= 0.6 is 7.82 Å². The highest BCUT2D eigenvalue weighted by Crippen LogP contribution is 2.43. The Morgan fingerprint density at radius 3 is 2.59 bits per heavy atom. The van der Waals surface area contributed by atoms with Crippen molar-refractivity contribution in [2.75, 3.05) is 6.61 Å². The number of hydrogen-bond donors (Lipinski definition) is 4. The summed E-state index contributed by atoms with van der Waals surface area (Å²) in [7, 11) is -4.75. The molecular formula is C19H21N2O10P. The first-order valence-electron chi connectivity index (χ1n) is 9.38. The molecule has 4 N–H and O–H groups in total. The van der Waals surface area contributed by atoms with E-state index in [1.807, 2.05) is 18.2 Å². The molecule has 0 bridgehead atoms. The smallest absolute Gasteiger partial charge is 0.423 e. The number of benzene rings is 1. The highest BCUT2D eigenvalue weighted by atomic mass is 31.2. The molecule has 0 aliphatic carbocycles. The first-order valence-corrected chi connectivity index (χ1v) is 10.9. The van der Waals surface area contributed by atoms with Crippen LogP contribution in [-0.4, -0.2) is 43.3 Å². The van der Waals surface area contributed by atoms with E-state index in [0.29, 0.717) is 5.58 Å². The monoisotopic (exact) mass is 468 g/mol. The van der Waals surface area contributed by atoms with Gasteiger partial charge in [0, 0.05) is 29.6 Å². The van der Waals surface area contributed by atoms with Crippen LogP contribution in [0.25, 0.3) is 11.0 Å². The van der Waals surface area contributed by atoms with Crippen molar-refractivity contribution in [1.82, 2.24) is 9.55 Å². The second kappa shape index (κ2) is 9.74. The summed E-state index contributed by atoms with van der Waals surface area (Å²) in [6, 6.07) is 10.6. The SMILES string of the molecule is Cc1cn([C@H]2C[C@H](OP(=O)(O)O)[C@@H](CO)O2)c(=O)[nH]c1=O.O=c1ccc2ccccc2o1. The van der Waals surface area contributed by atoms with Gasteiger partial charge in [0.1, 0.15) is 24.0 Å². The number of aryl methyl sites for hydroxylation is 1. The molecule has 1 aliphatic rings. The fraction of sp³-hybridized carbons (Fsp3) is 0.316. The minimum absolute atomic E-state index is 0.0538. The molecular weight excluding hydrogens is 447 g/mol. The minimum atomic E-state index is -4.75. The number of fused-ring (bicyclic) bond motifs is 1. The Bertz CT molecular complexity index is 1310. The summed E-state index contributed by atoms with van der Waals surface area (Å²) in [5, 5.41) is 10.1. The molecule has 4 rings (SSSR count). The van der Waals surface area contributed by atoms with Gasteiger partial charge in [-0.2, -0.15) is 0 Å². The predicted octanol–water partition coefficient (Wildman–Crippen LogP) is 0.396. The molecule has 3 heterocycles. The standard InChI is InChI=1S/C10H15N2O8P.C9H6O2/c1-5-3-12(10(15)11-9(5)14)8-2-6(7(4-13)19-8)20-21(16,17)18;10-9-6-5-7-3-1-2-4-8(7)11-9/h3,6-8,13H,2,4H2,1H3,(H,11,14,15)(H2,16,17,18);1-6H/t6-,7+,8+;/m0./s1. The molecule has 0 amide bonds. The molecule has 0 spiro atoms. The zero-order valence-electron chi connectivity index (χ0n) is 16.8. The van der Waals surface area contributed by atoms with Crippen LogP contribution in [0.4, 0.5) is 0 Å². The topological polar surface area (TPSA) is 181 Å². The lowest BCUT2D eigenvalue weighted by atomic mass is 10.2. The maximum absolute atomic E-state index is 11.7. The number of nitrogens with one attached hydrogen (secondary N) is 1. The number of nitrogens with zero attached hydrogens (tertiary/aromatic N) is 1. The molecule has 12 nitrogen and oxygen atoms in total. The van der Waals surface area contributed by atoms with E-state index in [1.165, 1.54) is 19.2 Å². The van der Waals surface area contributed by atoms with Crippen LogP contribution in [0.3, 0.4) is 0 Å². The molecule has 2 aromatic heterocycles. The lowest BCUT2D eigenvalue weighted by Crippen LogP contribution is -2.33. The van der Waals surface area contributed by atoms with Crippen LogP contribution in [0.15, 0.2) is 61.4 Å². The fourth-order valence-electron chi connectivity index (χ4n) is 3.13. The summed E-state index contributed by atoms with van der Waals surface area (Å²) in [5.41, 5.74) is -0.637. The summed E-state index contributed by atoms with van der Waals surface area (Å²) < 4.78 is 26.8. The number of aliphatic hydroxyl groups excluding tert-OH is 1. The number of rotatable bonds is 4. The normalized spacial score (nSPS) is 20.7. The zero-order valence-corrected chi connectivity index (χ0v) is 17.7. The van der Waals surface area contributed by atoms with E-state index >= 15 is 0 Å². The molecule has 1 saturated heterocycles. The Morgan fingerprint density at radius 1 is 1.19 bits per heavy atom. The number of ether oxygens (including phenoxy) is 1. The molecule has 0 unspecified atom stereocenters. The third kappa shape index (κ3) is 5.88. The molecule has 3 aromatic rings. The van der Waals surface area contributed by atoms with Gasteiger partial charge >= 0.3 is 19.1 Å². The van der Waals surface area contributed by atoms with Crippen molar-refractivity contribution in [2.24, 2.45) is 0 Å². The minimum Gasteiger partial charge on any atom is -0.423 e. The highest BCUT2D eigenvalue weighted by Gasteiger charge is 2.40. The Balaban J connectivity index is 0.000000219. The van der Waals surface area contributed by atoms with Gasteiger partial charge in [-0.05, 0) is 19.1 Å². The number of aliphatic hydroxyl groups is 1. The Labute approximate surface area is 179 Å². The third-order valence-corrected chi connectivity index (χ3v) is 5.16. The van der Waals surface area contributed by atoms with Gasteiger partial charge in [0.25, 0.3) is 5.56 Å². The number of aromatic amines is 1. The molecule has 172 valence electrons. The van der Waals surface area contributed by atoms with Crippen molar-refractivity contribution in [3.05, 3.63) is 79.4 Å². The Kier molecular flexibility index (Phi) is 7.24. The lowest BCUT2D eigenvalue weighted by molar-refractivity contribution is -0.0453. The number of phosphoric acid groups is 1. The van der Waals surface area contributed by atoms with E-state index in [1.54, 1.807) is 12.1 Å². The van der Waals surface area contributed by atoms with Crippen LogP contribution in [0, 0.1) is 6.92 Å². The molecule has 1 fully saturated rings. The summed E-state index contributed by atoms with van der Waals surface area (Å²) >= 11 is 0. The summed E-state index contributed by atoms with van der Waals surface area (Å²) in [6.45, 7) is 0.967. The van der Waals surface area contributed by atoms with Gasteiger partial charge in [0.05, 0.1) is 6.61 Å². The van der Waals surface area contributed by atoms with Crippen LogP contribution in [0.5, 0.6) is 0 Å². The first-order chi connectivity index (χ1) is 15.1. The maximum Gasteiger partial charge on any atom is 0.469 e. The number of H-pyrrole nitrogens is 1. The number of aromatic nitrogens is 2. The van der Waals surface area contributed by atoms with Crippen molar-refractivity contribution in [1.29, 1.82) is 0 Å². The van der Waals surface area contributed by atoms with Crippen LogP contribution in [0.1, 0.15) is 18.2 Å². The number of para-hydroxylation sites is 1. The molecule has 1 aromatic carbocycles. The molecule has 0 saturated carbocycles. The van der Waals surface area contributed by atoms with E-state index in [9.17, 15) is 18.9 Å². The zero-order chi connectivity index (χ0) is 23.5. The van der Waals surface area contributed by atoms with Gasteiger partial charge in [0.2, 0.25) is 0 Å². The fourth-order valence-corrected chi connectivity index (χ4v) is 3.71. The van der Waals surface area contributed by atoms with Crippen molar-refractivity contribution in [3.63, 3.8) is 0 Å². The molecule has 1 aliphatic heterocycles. The van der Waals surface area contributed by atoms with E-state index < -0.39 is 44.1 Å². The second-order valence-corrected chi connectivity index (χ2v) is 8.14. The van der Waals surface area contributed by atoms with Gasteiger partial charge in [0.15, 0.2) is 0 Å². The molecule has 32 heavy (non-hydrogen) atoms. The summed E-state index contributed by atoms with van der Waals surface area (Å²) in [4.78, 5) is 53.5. The van der Waals surface area contributed by atoms with E-state index in [2.05, 4.69) is 9.51 Å². The molecule has 0 radical (unpaired) electrons. The first kappa shape index (κ1) is 23.8. The average molecular weight is 468 g/mol. The van der Waals surface area contributed by atoms with Gasteiger partial charge < -0.3 is 24.0 Å². The summed E-state index contributed by atoms with van der Waals surface area (Å²) in [5.74, 6) is 0. The Hall–Kier alpha value is -2.86. The lowest BCUT2D eigenvalue weighted by Gasteiger charge is -2.16. The highest BCUT2D eigenvalue weighted by molar-refractivity contribution is 7.46. The van der Waals surface area contributed by atoms with Crippen molar-refractivity contribution >= 4 is 18.8 Å². The van der Waals surface area contributed by atoms with Crippen molar-refractivity contribution < 1.29 is 33.1 Å². The van der Waals surface area contributed by atoms with Crippen LogP contribution in [-0.2, 0) is 13.8 Å². The van der Waals surface area contributed by atoms with Gasteiger partial charge in [-0.1, -0.05) is 18.2 Å². The van der Waals surface area contributed by atoms with Crippen molar-refractivity contribution in [3.8, 4) is 0 Å². The quantitative estimate of drug-likeness (QED) is 0.309. The molecule has 3 atom stereocenters. The average Bonchev–Trinajstić information content (AvgIpc) is 3.11. The summed E-state index contributed by atoms with van der Waals surface area (Å²) in [6.07, 6.45) is -1.73. The predicted molar refractivity (Wildman–Crippen MR) is 111 cm³/mol. The number of phosphoric ester groups is 1. The van der Waals surface area contributed by atoms with Crippen LogP contribution in [0.2, 0.25) is 0 Å². The molecule has 13 heteroatoms. The van der Waals surface area contributed by atoms with E-state index in [4.69, 9.17) is 24.0 Å². The van der Waals surface area contributed by atoms with Gasteiger partial charge in [-0.15, -0.1) is 0 Å².